The number of nitrogens with one attached hydrogen (secondary N) is 1. The second-order valence-corrected chi connectivity index (χ2v) is 8.85. The molecule has 2 heterocycles. The third-order valence-electron chi connectivity index (χ3n) is 4.64. The summed E-state index contributed by atoms with van der Waals surface area (Å²) >= 11 is 9.11. The average molecular weight is 440 g/mol. The topological polar surface area (TPSA) is 54.9 Å². The molecule has 0 atom stereocenters. The molecule has 0 aliphatic rings. The monoisotopic (exact) mass is 439 g/mol. The first-order valence-corrected chi connectivity index (χ1v) is 11.2. The van der Waals surface area contributed by atoms with Gasteiger partial charge < -0.3 is 5.32 Å². The van der Waals surface area contributed by atoms with E-state index in [1.165, 1.54) is 22.9 Å². The average Bonchev–Trinajstić information content (AvgIpc) is 3.15. The molecule has 0 saturated heterocycles. The Morgan fingerprint density at radius 2 is 1.97 bits per heavy atom. The van der Waals surface area contributed by atoms with Gasteiger partial charge in [-0.05, 0) is 42.7 Å². The molecule has 0 unspecified atom stereocenters. The van der Waals surface area contributed by atoms with Gasteiger partial charge >= 0.3 is 0 Å². The van der Waals surface area contributed by atoms with Gasteiger partial charge in [0.05, 0.1) is 21.8 Å². The van der Waals surface area contributed by atoms with Crippen LogP contribution in [-0.2, 0) is 4.79 Å². The summed E-state index contributed by atoms with van der Waals surface area (Å²) in [4.78, 5) is 22.2. The molecule has 0 aliphatic heterocycles. The zero-order valence-corrected chi connectivity index (χ0v) is 18.3. The van der Waals surface area contributed by atoms with E-state index in [1.807, 2.05) is 12.1 Å². The van der Waals surface area contributed by atoms with Gasteiger partial charge in [-0.2, -0.15) is 0 Å². The predicted octanol–water partition coefficient (Wildman–Crippen LogP) is 6.36. The summed E-state index contributed by atoms with van der Waals surface area (Å²) < 4.78 is 0. The molecule has 0 fully saturated rings. The van der Waals surface area contributed by atoms with Crippen molar-refractivity contribution in [1.82, 2.24) is 9.97 Å². The highest BCUT2D eigenvalue weighted by Gasteiger charge is 2.15. The number of hydrogen-bond donors (Lipinski definition) is 1. The van der Waals surface area contributed by atoms with Crippen molar-refractivity contribution in [3.05, 3.63) is 70.3 Å². The molecule has 0 saturated carbocycles. The molecule has 4 nitrogen and oxygen atoms in total. The zero-order valence-electron chi connectivity index (χ0n) is 15.9. The summed E-state index contributed by atoms with van der Waals surface area (Å²) in [6, 6.07) is 13.6. The Morgan fingerprint density at radius 1 is 1.14 bits per heavy atom. The molecule has 0 radical (unpaired) electrons. The third-order valence-corrected chi connectivity index (χ3v) is 6.85. The van der Waals surface area contributed by atoms with Crippen molar-refractivity contribution in [2.45, 2.75) is 18.9 Å². The van der Waals surface area contributed by atoms with Gasteiger partial charge in [0.15, 0.2) is 0 Å². The number of thioether (sulfide) groups is 1. The fourth-order valence-corrected chi connectivity index (χ4v) is 4.94. The highest BCUT2D eigenvalue weighted by molar-refractivity contribution is 8.00. The van der Waals surface area contributed by atoms with Gasteiger partial charge in [0.2, 0.25) is 5.91 Å². The van der Waals surface area contributed by atoms with Crippen LogP contribution >= 0.6 is 34.7 Å². The van der Waals surface area contributed by atoms with E-state index in [-0.39, 0.29) is 11.7 Å². The van der Waals surface area contributed by atoms with E-state index in [9.17, 15) is 4.79 Å². The standard InChI is InChI=1S/C22H18ClN3OS2/c1-13-7-8-15(9-14(13)2)16-10-28-21-20(16)22(25-12-24-21)29-11-19(27)26-18-6-4-3-5-17(18)23/h3-10,12H,11H2,1-2H3,(H,26,27). The lowest BCUT2D eigenvalue weighted by Crippen LogP contribution is -2.14. The summed E-state index contributed by atoms with van der Waals surface area (Å²) in [7, 11) is 0. The molecule has 1 N–H and O–H groups in total. The molecule has 1 amide bonds. The number of amides is 1. The number of nitrogens with zero attached hydrogens (tertiary/aromatic N) is 2. The van der Waals surface area contributed by atoms with Crippen LogP contribution in [0.15, 0.2) is 59.2 Å². The first kappa shape index (κ1) is 19.9. The Labute approximate surface area is 182 Å². The first-order chi connectivity index (χ1) is 14.0. The van der Waals surface area contributed by atoms with Gasteiger partial charge in [0.1, 0.15) is 16.2 Å². The van der Waals surface area contributed by atoms with Crippen LogP contribution in [0.3, 0.4) is 0 Å². The van der Waals surface area contributed by atoms with Crippen molar-refractivity contribution in [2.75, 3.05) is 11.1 Å². The summed E-state index contributed by atoms with van der Waals surface area (Å²) in [5.74, 6) is 0.109. The minimum atomic E-state index is -0.127. The van der Waals surface area contributed by atoms with E-state index in [2.05, 4.69) is 52.7 Å². The summed E-state index contributed by atoms with van der Waals surface area (Å²) in [5, 5.41) is 7.28. The first-order valence-electron chi connectivity index (χ1n) is 9.00. The number of carbonyl (C=O) groups is 1. The maximum atomic E-state index is 12.4. The number of hydrogen-bond acceptors (Lipinski definition) is 5. The Bertz CT molecular complexity index is 1210. The van der Waals surface area contributed by atoms with E-state index in [0.717, 1.165) is 26.4 Å². The molecular weight excluding hydrogens is 422 g/mol. The van der Waals surface area contributed by atoms with Crippen LogP contribution in [0.4, 0.5) is 5.69 Å². The number of halogens is 1. The molecule has 146 valence electrons. The number of anilines is 1. The molecule has 4 rings (SSSR count). The number of para-hydroxylation sites is 1. The molecule has 2 aromatic heterocycles. The van der Waals surface area contributed by atoms with E-state index in [4.69, 9.17) is 11.6 Å². The number of benzene rings is 2. The van der Waals surface area contributed by atoms with Crippen molar-refractivity contribution < 1.29 is 4.79 Å². The fourth-order valence-electron chi connectivity index (χ4n) is 2.96. The van der Waals surface area contributed by atoms with Crippen LogP contribution in [0.2, 0.25) is 5.02 Å². The number of aryl methyl sites for hydroxylation is 2. The fraction of sp³-hybridized carbons (Fsp3) is 0.136. The maximum absolute atomic E-state index is 12.4. The number of rotatable bonds is 5. The zero-order chi connectivity index (χ0) is 20.4. The van der Waals surface area contributed by atoms with Crippen molar-refractivity contribution in [1.29, 1.82) is 0 Å². The van der Waals surface area contributed by atoms with Crippen LogP contribution in [-0.4, -0.2) is 21.6 Å². The van der Waals surface area contributed by atoms with Crippen molar-refractivity contribution in [3.63, 3.8) is 0 Å². The van der Waals surface area contributed by atoms with Gasteiger partial charge in [0, 0.05) is 10.9 Å². The van der Waals surface area contributed by atoms with Gasteiger partial charge in [0.25, 0.3) is 0 Å². The largest absolute Gasteiger partial charge is 0.324 e. The van der Waals surface area contributed by atoms with E-state index in [1.54, 1.807) is 29.8 Å². The van der Waals surface area contributed by atoms with E-state index < -0.39 is 0 Å². The number of thiophene rings is 1. The lowest BCUT2D eigenvalue weighted by atomic mass is 10.0. The Morgan fingerprint density at radius 3 is 2.76 bits per heavy atom. The SMILES string of the molecule is Cc1ccc(-c2csc3ncnc(SCC(=O)Nc4ccccc4Cl)c23)cc1C. The summed E-state index contributed by atoms with van der Waals surface area (Å²) in [5.41, 5.74) is 5.35. The number of aromatic nitrogens is 2. The predicted molar refractivity (Wildman–Crippen MR) is 123 cm³/mol. The van der Waals surface area contributed by atoms with Crippen molar-refractivity contribution >= 4 is 56.5 Å². The minimum absolute atomic E-state index is 0.127. The Hall–Kier alpha value is -2.41. The van der Waals surface area contributed by atoms with Gasteiger partial charge in [-0.15, -0.1) is 11.3 Å². The van der Waals surface area contributed by atoms with Crippen molar-refractivity contribution in [2.24, 2.45) is 0 Å². The molecule has 0 spiro atoms. The highest BCUT2D eigenvalue weighted by Crippen LogP contribution is 2.38. The van der Waals surface area contributed by atoms with Crippen LogP contribution in [0, 0.1) is 13.8 Å². The van der Waals surface area contributed by atoms with Crippen LogP contribution in [0.5, 0.6) is 0 Å². The second-order valence-electron chi connectivity index (χ2n) is 6.62. The molecule has 0 aliphatic carbocycles. The lowest BCUT2D eigenvalue weighted by molar-refractivity contribution is -0.113. The summed E-state index contributed by atoms with van der Waals surface area (Å²) in [6.07, 6.45) is 1.55. The van der Waals surface area contributed by atoms with Gasteiger partial charge in [-0.3, -0.25) is 4.79 Å². The molecular formula is C22H18ClN3OS2. The molecule has 7 heteroatoms. The Balaban J connectivity index is 1.59. The van der Waals surface area contributed by atoms with E-state index in [0.29, 0.717) is 10.7 Å². The quantitative estimate of drug-likeness (QED) is 0.290. The molecule has 0 bridgehead atoms. The molecule has 29 heavy (non-hydrogen) atoms. The van der Waals surface area contributed by atoms with Crippen molar-refractivity contribution in [3.8, 4) is 11.1 Å². The summed E-state index contributed by atoms with van der Waals surface area (Å²) in [6.45, 7) is 4.21. The molecule has 2 aromatic carbocycles. The van der Waals surface area contributed by atoms with Crippen LogP contribution < -0.4 is 5.32 Å². The molecule has 4 aromatic rings. The normalized spacial score (nSPS) is 11.0. The minimum Gasteiger partial charge on any atom is -0.324 e. The van der Waals surface area contributed by atoms with Crippen LogP contribution in [0.25, 0.3) is 21.3 Å². The number of fused-ring (bicyclic) bond motifs is 1. The maximum Gasteiger partial charge on any atom is 0.234 e. The number of carbonyl (C=O) groups excluding carboxylic acids is 1. The van der Waals surface area contributed by atoms with Gasteiger partial charge in [-0.25, -0.2) is 9.97 Å². The van der Waals surface area contributed by atoms with E-state index >= 15 is 0 Å². The van der Waals surface area contributed by atoms with Crippen LogP contribution in [0.1, 0.15) is 11.1 Å². The second kappa shape index (κ2) is 8.53. The Kier molecular flexibility index (Phi) is 5.85. The third kappa shape index (κ3) is 4.29. The van der Waals surface area contributed by atoms with Gasteiger partial charge in [-0.1, -0.05) is 53.7 Å². The highest BCUT2D eigenvalue weighted by atomic mass is 35.5. The lowest BCUT2D eigenvalue weighted by Gasteiger charge is -2.08. The smallest absolute Gasteiger partial charge is 0.234 e.